The monoisotopic (exact) mass is 347 g/mol. The zero-order valence-electron chi connectivity index (χ0n) is 14.5. The molecule has 0 amide bonds. The zero-order valence-corrected chi connectivity index (χ0v) is 14.5. The van der Waals surface area contributed by atoms with Gasteiger partial charge in [-0.05, 0) is 37.1 Å². The number of hydrogen-bond acceptors (Lipinski definition) is 4. The van der Waals surface area contributed by atoms with Crippen molar-refractivity contribution in [2.75, 3.05) is 6.61 Å². The van der Waals surface area contributed by atoms with Crippen LogP contribution in [0.1, 0.15) is 23.0 Å². The highest BCUT2D eigenvalue weighted by molar-refractivity contribution is 6.18. The van der Waals surface area contributed by atoms with Crippen LogP contribution in [0.4, 0.5) is 0 Å². The number of hydrogen-bond donors (Lipinski definition) is 1. The lowest BCUT2D eigenvalue weighted by atomic mass is 9.98. The molecule has 0 radical (unpaired) electrons. The Balaban J connectivity index is 2.19. The van der Waals surface area contributed by atoms with Crippen molar-refractivity contribution >= 4 is 27.8 Å². The van der Waals surface area contributed by atoms with Gasteiger partial charge in [-0.2, -0.15) is 0 Å². The second kappa shape index (κ2) is 6.19. The molecule has 0 saturated heterocycles. The van der Waals surface area contributed by atoms with Crippen molar-refractivity contribution in [1.29, 1.82) is 0 Å². The average molecular weight is 347 g/mol. The molecule has 0 fully saturated rings. The molecule has 26 heavy (non-hydrogen) atoms. The molecular weight excluding hydrogens is 330 g/mol. The van der Waals surface area contributed by atoms with E-state index in [-0.39, 0.29) is 6.61 Å². The van der Waals surface area contributed by atoms with E-state index in [4.69, 9.17) is 9.15 Å². The average Bonchev–Trinajstić information content (AvgIpc) is 3.04. The number of aryl methyl sites for hydroxylation is 1. The molecule has 2 aromatic carbocycles. The lowest BCUT2D eigenvalue weighted by Gasteiger charge is -2.07. The number of ether oxygens (including phenoxy) is 1. The highest BCUT2D eigenvalue weighted by atomic mass is 16.5. The molecule has 4 rings (SSSR count). The fourth-order valence-electron chi connectivity index (χ4n) is 3.33. The smallest absolute Gasteiger partial charge is 0.355 e. The summed E-state index contributed by atoms with van der Waals surface area (Å²) in [5.74, 6) is -0.410. The van der Waals surface area contributed by atoms with Crippen LogP contribution >= 0.6 is 0 Å². The van der Waals surface area contributed by atoms with Crippen LogP contribution in [-0.2, 0) is 4.74 Å². The quantitative estimate of drug-likeness (QED) is 0.440. The van der Waals surface area contributed by atoms with Crippen LogP contribution < -0.4 is 5.63 Å². The number of nitrogens with one attached hydrogen (secondary N) is 1. The highest BCUT2D eigenvalue weighted by Crippen LogP contribution is 2.38. The van der Waals surface area contributed by atoms with E-state index in [0.29, 0.717) is 11.3 Å². The summed E-state index contributed by atoms with van der Waals surface area (Å²) in [5, 5.41) is 1.62. The Labute approximate surface area is 149 Å². The van der Waals surface area contributed by atoms with Crippen molar-refractivity contribution < 1.29 is 13.9 Å². The first-order valence-corrected chi connectivity index (χ1v) is 8.42. The number of fused-ring (bicyclic) bond motifs is 3. The summed E-state index contributed by atoms with van der Waals surface area (Å²) in [6.07, 6.45) is 0. The molecule has 2 heterocycles. The summed E-state index contributed by atoms with van der Waals surface area (Å²) >= 11 is 0. The lowest BCUT2D eigenvalue weighted by molar-refractivity contribution is 0.0521. The minimum absolute atomic E-state index is 0.289. The van der Waals surface area contributed by atoms with Crippen LogP contribution in [0.2, 0.25) is 0 Å². The van der Waals surface area contributed by atoms with Crippen LogP contribution in [0.3, 0.4) is 0 Å². The van der Waals surface area contributed by atoms with Gasteiger partial charge < -0.3 is 14.1 Å². The maximum atomic E-state index is 12.6. The Morgan fingerprint density at radius 3 is 2.65 bits per heavy atom. The maximum absolute atomic E-state index is 12.6. The number of carbonyl (C=O) groups is 1. The Hall–Kier alpha value is -3.34. The van der Waals surface area contributed by atoms with Crippen LogP contribution in [0.25, 0.3) is 33.0 Å². The number of carbonyl (C=O) groups excluding carboxylic acids is 1. The third-order valence-electron chi connectivity index (χ3n) is 4.42. The molecule has 4 aromatic rings. The van der Waals surface area contributed by atoms with Crippen LogP contribution in [0.15, 0.2) is 57.7 Å². The van der Waals surface area contributed by atoms with Crippen LogP contribution in [0.5, 0.6) is 0 Å². The van der Waals surface area contributed by atoms with Crippen molar-refractivity contribution in [3.63, 3.8) is 0 Å². The van der Waals surface area contributed by atoms with E-state index in [2.05, 4.69) is 4.98 Å². The van der Waals surface area contributed by atoms with Crippen LogP contribution in [0, 0.1) is 6.92 Å². The third kappa shape index (κ3) is 2.49. The normalized spacial score (nSPS) is 11.2. The summed E-state index contributed by atoms with van der Waals surface area (Å²) < 4.78 is 10.6. The van der Waals surface area contributed by atoms with Gasteiger partial charge in [-0.15, -0.1) is 0 Å². The van der Waals surface area contributed by atoms with Crippen molar-refractivity contribution in [3.8, 4) is 11.1 Å². The van der Waals surface area contributed by atoms with Gasteiger partial charge in [0, 0.05) is 22.4 Å². The number of H-pyrrole nitrogens is 1. The Morgan fingerprint density at radius 1 is 1.15 bits per heavy atom. The maximum Gasteiger partial charge on any atom is 0.355 e. The molecule has 5 heteroatoms. The van der Waals surface area contributed by atoms with Crippen molar-refractivity contribution in [3.05, 3.63) is 70.2 Å². The molecule has 1 N–H and O–H groups in total. The molecule has 0 bridgehead atoms. The molecule has 0 aliphatic rings. The van der Waals surface area contributed by atoms with Gasteiger partial charge >= 0.3 is 11.6 Å². The van der Waals surface area contributed by atoms with Gasteiger partial charge in [-0.3, -0.25) is 0 Å². The Morgan fingerprint density at radius 2 is 1.92 bits per heavy atom. The van der Waals surface area contributed by atoms with Crippen molar-refractivity contribution in [2.24, 2.45) is 0 Å². The second-order valence-electron chi connectivity index (χ2n) is 6.07. The van der Waals surface area contributed by atoms with Gasteiger partial charge in [0.25, 0.3) is 0 Å². The minimum atomic E-state index is -0.410. The van der Waals surface area contributed by atoms with Crippen molar-refractivity contribution in [2.45, 2.75) is 13.8 Å². The largest absolute Gasteiger partial charge is 0.461 e. The van der Waals surface area contributed by atoms with Crippen molar-refractivity contribution in [1.82, 2.24) is 4.98 Å². The number of esters is 1. The van der Waals surface area contributed by atoms with Gasteiger partial charge in [0.2, 0.25) is 0 Å². The summed E-state index contributed by atoms with van der Waals surface area (Å²) in [4.78, 5) is 27.4. The standard InChI is InChI=1S/C21H17NO4/c1-3-25-21(24)20-17(13-7-5-4-6-8-13)18-14-9-10-16(23)26-15(14)11-12(2)19(18)22-20/h4-11,22H,3H2,1-2H3. The van der Waals surface area contributed by atoms with E-state index in [1.807, 2.05) is 37.3 Å². The number of aromatic nitrogens is 1. The van der Waals surface area contributed by atoms with Crippen LogP contribution in [-0.4, -0.2) is 17.6 Å². The molecule has 0 atom stereocenters. The first-order valence-electron chi connectivity index (χ1n) is 8.42. The zero-order chi connectivity index (χ0) is 18.3. The molecule has 5 nitrogen and oxygen atoms in total. The van der Waals surface area contributed by atoms with Gasteiger partial charge in [0.1, 0.15) is 11.3 Å². The van der Waals surface area contributed by atoms with E-state index >= 15 is 0 Å². The molecule has 0 spiro atoms. The van der Waals surface area contributed by atoms with E-state index in [0.717, 1.165) is 33.0 Å². The molecule has 130 valence electrons. The Kier molecular flexibility index (Phi) is 3.84. The first kappa shape index (κ1) is 16.1. The van der Waals surface area contributed by atoms with Gasteiger partial charge in [0.05, 0.1) is 12.1 Å². The summed E-state index contributed by atoms with van der Waals surface area (Å²) in [5.41, 5.74) is 3.84. The minimum Gasteiger partial charge on any atom is -0.461 e. The highest BCUT2D eigenvalue weighted by Gasteiger charge is 2.23. The van der Waals surface area contributed by atoms with Gasteiger partial charge in [-0.25, -0.2) is 9.59 Å². The van der Waals surface area contributed by atoms with Gasteiger partial charge in [-0.1, -0.05) is 30.3 Å². The topological polar surface area (TPSA) is 72.3 Å². The molecule has 0 aliphatic heterocycles. The van der Waals surface area contributed by atoms with E-state index < -0.39 is 11.6 Å². The summed E-state index contributed by atoms with van der Waals surface area (Å²) in [6.45, 7) is 3.98. The predicted molar refractivity (Wildman–Crippen MR) is 100 cm³/mol. The lowest BCUT2D eigenvalue weighted by Crippen LogP contribution is -2.06. The Bertz CT molecular complexity index is 1190. The summed E-state index contributed by atoms with van der Waals surface area (Å²) in [7, 11) is 0. The number of benzene rings is 2. The molecule has 0 aliphatic carbocycles. The van der Waals surface area contributed by atoms with E-state index in [9.17, 15) is 9.59 Å². The first-order chi connectivity index (χ1) is 12.6. The SMILES string of the molecule is CCOC(=O)c1[nH]c2c(C)cc3oc(=O)ccc3c2c1-c1ccccc1. The fourth-order valence-corrected chi connectivity index (χ4v) is 3.33. The fraction of sp³-hybridized carbons (Fsp3) is 0.143. The summed E-state index contributed by atoms with van der Waals surface area (Å²) in [6, 6.07) is 14.6. The molecule has 0 unspecified atom stereocenters. The van der Waals surface area contributed by atoms with E-state index in [1.54, 1.807) is 19.1 Å². The van der Waals surface area contributed by atoms with E-state index in [1.165, 1.54) is 6.07 Å². The second-order valence-corrected chi connectivity index (χ2v) is 6.07. The number of rotatable bonds is 3. The molecule has 0 saturated carbocycles. The predicted octanol–water partition coefficient (Wildman–Crippen LogP) is 4.43. The van der Waals surface area contributed by atoms with Gasteiger partial charge in [0.15, 0.2) is 0 Å². The number of aromatic amines is 1. The molecular formula is C21H17NO4. The third-order valence-corrected chi connectivity index (χ3v) is 4.42. The molecule has 2 aromatic heterocycles.